The van der Waals surface area contributed by atoms with Gasteiger partial charge in [-0.3, -0.25) is 0 Å². The molecule has 2 aromatic rings. The molecule has 0 saturated heterocycles. The lowest BCUT2D eigenvalue weighted by atomic mass is 10.1. The molecule has 0 aliphatic heterocycles. The standard InChI is InChI=1S/C15H19N3O/c16-13-7-3-4-11(10-13)8-9-14-17-15(18-19-14)12-5-1-2-6-12/h3-4,7,10,12H,1-2,5-6,8-9,16H2. The van der Waals surface area contributed by atoms with Crippen molar-refractivity contribution in [3.05, 3.63) is 41.5 Å². The van der Waals surface area contributed by atoms with Crippen molar-refractivity contribution < 1.29 is 4.52 Å². The van der Waals surface area contributed by atoms with Gasteiger partial charge in [-0.1, -0.05) is 30.1 Å². The van der Waals surface area contributed by atoms with E-state index in [0.29, 0.717) is 5.92 Å². The fourth-order valence-corrected chi connectivity index (χ4v) is 2.72. The first-order valence-electron chi connectivity index (χ1n) is 6.98. The molecule has 2 N–H and O–H groups in total. The van der Waals surface area contributed by atoms with Gasteiger partial charge in [0.1, 0.15) is 0 Å². The van der Waals surface area contributed by atoms with Crippen molar-refractivity contribution in [2.75, 3.05) is 5.73 Å². The third-order valence-electron chi connectivity index (χ3n) is 3.78. The predicted molar refractivity (Wildman–Crippen MR) is 73.8 cm³/mol. The Balaban J connectivity index is 1.61. The second-order valence-corrected chi connectivity index (χ2v) is 5.27. The zero-order valence-electron chi connectivity index (χ0n) is 11.0. The Bertz CT molecular complexity index is 544. The van der Waals surface area contributed by atoms with E-state index in [1.165, 1.54) is 31.2 Å². The molecule has 1 fully saturated rings. The fraction of sp³-hybridized carbons (Fsp3) is 0.467. The molecule has 1 heterocycles. The van der Waals surface area contributed by atoms with Gasteiger partial charge in [0.15, 0.2) is 5.82 Å². The number of hydrogen-bond acceptors (Lipinski definition) is 4. The Morgan fingerprint density at radius 1 is 1.21 bits per heavy atom. The van der Waals surface area contributed by atoms with Crippen LogP contribution in [0.15, 0.2) is 28.8 Å². The first-order valence-corrected chi connectivity index (χ1v) is 6.98. The van der Waals surface area contributed by atoms with Gasteiger partial charge in [0, 0.05) is 18.0 Å². The molecule has 0 radical (unpaired) electrons. The molecule has 0 spiro atoms. The summed E-state index contributed by atoms with van der Waals surface area (Å²) in [6.07, 6.45) is 6.65. The Hall–Kier alpha value is -1.84. The molecule has 4 nitrogen and oxygen atoms in total. The molecule has 3 rings (SSSR count). The van der Waals surface area contributed by atoms with E-state index < -0.39 is 0 Å². The van der Waals surface area contributed by atoms with Crippen LogP contribution in [-0.2, 0) is 12.8 Å². The monoisotopic (exact) mass is 257 g/mol. The lowest BCUT2D eigenvalue weighted by molar-refractivity contribution is 0.369. The maximum Gasteiger partial charge on any atom is 0.226 e. The summed E-state index contributed by atoms with van der Waals surface area (Å²) in [6, 6.07) is 7.94. The zero-order chi connectivity index (χ0) is 13.1. The van der Waals surface area contributed by atoms with E-state index in [4.69, 9.17) is 10.3 Å². The molecule has 1 saturated carbocycles. The van der Waals surface area contributed by atoms with E-state index in [0.717, 1.165) is 30.2 Å². The van der Waals surface area contributed by atoms with Crippen LogP contribution in [0.3, 0.4) is 0 Å². The number of hydrogen-bond donors (Lipinski definition) is 1. The van der Waals surface area contributed by atoms with Crippen LogP contribution in [0.5, 0.6) is 0 Å². The van der Waals surface area contributed by atoms with Gasteiger partial charge in [-0.2, -0.15) is 4.98 Å². The van der Waals surface area contributed by atoms with Crippen LogP contribution < -0.4 is 5.73 Å². The molecular weight excluding hydrogens is 238 g/mol. The van der Waals surface area contributed by atoms with Gasteiger partial charge in [0.25, 0.3) is 0 Å². The van der Waals surface area contributed by atoms with Crippen LogP contribution in [-0.4, -0.2) is 10.1 Å². The zero-order valence-corrected chi connectivity index (χ0v) is 11.0. The first kappa shape index (κ1) is 12.2. The number of rotatable bonds is 4. The van der Waals surface area contributed by atoms with Crippen molar-refractivity contribution >= 4 is 5.69 Å². The van der Waals surface area contributed by atoms with E-state index in [-0.39, 0.29) is 0 Å². The summed E-state index contributed by atoms with van der Waals surface area (Å²) in [5.74, 6) is 2.16. The third kappa shape index (κ3) is 2.95. The van der Waals surface area contributed by atoms with Gasteiger partial charge < -0.3 is 10.3 Å². The molecule has 19 heavy (non-hydrogen) atoms. The van der Waals surface area contributed by atoms with Crippen LogP contribution in [0.2, 0.25) is 0 Å². The van der Waals surface area contributed by atoms with E-state index in [1.54, 1.807) is 0 Å². The number of nitrogens with two attached hydrogens (primary N) is 1. The van der Waals surface area contributed by atoms with Crippen molar-refractivity contribution in [1.82, 2.24) is 10.1 Å². The summed E-state index contributed by atoms with van der Waals surface area (Å²) in [6.45, 7) is 0. The Kier molecular flexibility index (Phi) is 3.49. The van der Waals surface area contributed by atoms with E-state index >= 15 is 0 Å². The van der Waals surface area contributed by atoms with Crippen molar-refractivity contribution in [3.63, 3.8) is 0 Å². The van der Waals surface area contributed by atoms with Crippen LogP contribution in [0.4, 0.5) is 5.69 Å². The number of anilines is 1. The first-order chi connectivity index (χ1) is 9.31. The summed E-state index contributed by atoms with van der Waals surface area (Å²) in [7, 11) is 0. The molecular formula is C15H19N3O. The van der Waals surface area contributed by atoms with E-state index in [9.17, 15) is 0 Å². The summed E-state index contributed by atoms with van der Waals surface area (Å²) < 4.78 is 5.34. The molecule has 1 aliphatic carbocycles. The van der Waals surface area contributed by atoms with Crippen molar-refractivity contribution in [3.8, 4) is 0 Å². The number of nitrogens with zero attached hydrogens (tertiary/aromatic N) is 2. The minimum absolute atomic E-state index is 0.518. The maximum atomic E-state index is 5.76. The molecule has 1 aromatic carbocycles. The van der Waals surface area contributed by atoms with Gasteiger partial charge in [-0.25, -0.2) is 0 Å². The van der Waals surface area contributed by atoms with Gasteiger partial charge in [-0.15, -0.1) is 0 Å². The minimum atomic E-state index is 0.518. The smallest absolute Gasteiger partial charge is 0.226 e. The number of aryl methyl sites for hydroxylation is 2. The van der Waals surface area contributed by atoms with Crippen molar-refractivity contribution in [1.29, 1.82) is 0 Å². The van der Waals surface area contributed by atoms with Crippen LogP contribution >= 0.6 is 0 Å². The second kappa shape index (κ2) is 5.43. The molecule has 0 bridgehead atoms. The lowest BCUT2D eigenvalue weighted by Crippen LogP contribution is -1.96. The van der Waals surface area contributed by atoms with E-state index in [2.05, 4.69) is 16.2 Å². The predicted octanol–water partition coefficient (Wildman–Crippen LogP) is 3.09. The molecule has 4 heteroatoms. The molecule has 0 atom stereocenters. The fourth-order valence-electron chi connectivity index (χ4n) is 2.72. The second-order valence-electron chi connectivity index (χ2n) is 5.27. The van der Waals surface area contributed by atoms with Gasteiger partial charge in [0.05, 0.1) is 0 Å². The van der Waals surface area contributed by atoms with Crippen LogP contribution in [0.25, 0.3) is 0 Å². The summed E-state index contributed by atoms with van der Waals surface area (Å²) >= 11 is 0. The number of benzene rings is 1. The van der Waals surface area contributed by atoms with Crippen LogP contribution in [0.1, 0.15) is 48.9 Å². The highest BCUT2D eigenvalue weighted by molar-refractivity contribution is 5.40. The number of aromatic nitrogens is 2. The largest absolute Gasteiger partial charge is 0.399 e. The summed E-state index contributed by atoms with van der Waals surface area (Å²) in [5.41, 5.74) is 7.77. The Morgan fingerprint density at radius 3 is 2.84 bits per heavy atom. The molecule has 0 amide bonds. The molecule has 100 valence electrons. The normalized spacial score (nSPS) is 16.0. The van der Waals surface area contributed by atoms with Crippen molar-refractivity contribution in [2.45, 2.75) is 44.4 Å². The third-order valence-corrected chi connectivity index (χ3v) is 3.78. The van der Waals surface area contributed by atoms with Crippen molar-refractivity contribution in [2.24, 2.45) is 0 Å². The molecule has 1 aliphatic rings. The topological polar surface area (TPSA) is 64.9 Å². The Morgan fingerprint density at radius 2 is 2.05 bits per heavy atom. The Labute approximate surface area is 113 Å². The maximum absolute atomic E-state index is 5.76. The lowest BCUT2D eigenvalue weighted by Gasteiger charge is -2.00. The van der Waals surface area contributed by atoms with Gasteiger partial charge >= 0.3 is 0 Å². The van der Waals surface area contributed by atoms with Gasteiger partial charge in [0.2, 0.25) is 5.89 Å². The van der Waals surface area contributed by atoms with E-state index in [1.807, 2.05) is 18.2 Å². The van der Waals surface area contributed by atoms with Gasteiger partial charge in [-0.05, 0) is 37.0 Å². The minimum Gasteiger partial charge on any atom is -0.399 e. The molecule has 0 unspecified atom stereocenters. The van der Waals surface area contributed by atoms with Crippen LogP contribution in [0, 0.1) is 0 Å². The quantitative estimate of drug-likeness (QED) is 0.855. The highest BCUT2D eigenvalue weighted by Crippen LogP contribution is 2.32. The average Bonchev–Trinajstić information content (AvgIpc) is 3.07. The number of nitrogen functional groups attached to an aromatic ring is 1. The average molecular weight is 257 g/mol. The molecule has 1 aromatic heterocycles. The highest BCUT2D eigenvalue weighted by atomic mass is 16.5. The summed E-state index contributed by atoms with van der Waals surface area (Å²) in [4.78, 5) is 4.52. The highest BCUT2D eigenvalue weighted by Gasteiger charge is 2.22. The SMILES string of the molecule is Nc1cccc(CCc2nc(C3CCCC3)no2)c1. The summed E-state index contributed by atoms with van der Waals surface area (Å²) in [5, 5.41) is 4.12.